The molecule has 1 fully saturated rings. The van der Waals surface area contributed by atoms with E-state index < -0.39 is 0 Å². The number of hydrogen-bond donors (Lipinski definition) is 1. The van der Waals surface area contributed by atoms with Crippen molar-refractivity contribution in [2.45, 2.75) is 13.3 Å². The van der Waals surface area contributed by atoms with Crippen LogP contribution in [-0.4, -0.2) is 49.3 Å². The van der Waals surface area contributed by atoms with Gasteiger partial charge in [0.05, 0.1) is 18.9 Å². The van der Waals surface area contributed by atoms with Crippen LogP contribution < -0.4 is 5.32 Å². The minimum absolute atomic E-state index is 0.875. The first-order chi connectivity index (χ1) is 10.8. The Morgan fingerprint density at radius 2 is 2.00 bits per heavy atom. The van der Waals surface area contributed by atoms with Crippen molar-refractivity contribution < 1.29 is 4.74 Å². The van der Waals surface area contributed by atoms with Gasteiger partial charge in [0.2, 0.25) is 0 Å². The van der Waals surface area contributed by atoms with Crippen molar-refractivity contribution in [1.29, 1.82) is 0 Å². The fourth-order valence-corrected chi connectivity index (χ4v) is 3.52. The molecule has 1 N–H and O–H groups in total. The lowest BCUT2D eigenvalue weighted by molar-refractivity contribution is 0.0378. The van der Waals surface area contributed by atoms with Gasteiger partial charge < -0.3 is 10.1 Å². The molecule has 1 saturated heterocycles. The average molecular weight is 317 g/mol. The van der Waals surface area contributed by atoms with Crippen molar-refractivity contribution >= 4 is 16.5 Å². The molecule has 0 radical (unpaired) electrons. The van der Waals surface area contributed by atoms with E-state index in [0.29, 0.717) is 0 Å². The van der Waals surface area contributed by atoms with Gasteiger partial charge in [-0.3, -0.25) is 4.90 Å². The summed E-state index contributed by atoms with van der Waals surface area (Å²) < 4.78 is 5.37. The molecule has 3 rings (SSSR count). The normalized spacial score (nSPS) is 15.9. The summed E-state index contributed by atoms with van der Waals surface area (Å²) in [6, 6.07) is 10.4. The molecule has 118 valence electrons. The zero-order valence-corrected chi connectivity index (χ0v) is 13.9. The molecule has 4 nitrogen and oxygen atoms in total. The highest BCUT2D eigenvalue weighted by molar-refractivity contribution is 7.16. The van der Waals surface area contributed by atoms with Gasteiger partial charge in [0, 0.05) is 30.1 Å². The topological polar surface area (TPSA) is 37.4 Å². The highest BCUT2D eigenvalue weighted by Crippen LogP contribution is 2.30. The maximum atomic E-state index is 5.37. The Hall–Kier alpha value is -1.43. The number of nitrogens with zero attached hydrogens (tertiary/aromatic N) is 2. The molecular formula is C17H23N3OS. The lowest BCUT2D eigenvalue weighted by Gasteiger charge is -2.26. The number of aryl methyl sites for hydroxylation is 1. The zero-order valence-electron chi connectivity index (χ0n) is 13.0. The molecule has 0 unspecified atom stereocenters. The number of ether oxygens (including phenoxy) is 1. The second kappa shape index (κ2) is 7.72. The molecule has 2 aromatic rings. The van der Waals surface area contributed by atoms with Crippen LogP contribution in [0.3, 0.4) is 0 Å². The highest BCUT2D eigenvalue weighted by atomic mass is 32.1. The lowest BCUT2D eigenvalue weighted by Crippen LogP contribution is -2.37. The minimum atomic E-state index is 0.875. The fraction of sp³-hybridized carbons (Fsp3) is 0.471. The van der Waals surface area contributed by atoms with E-state index in [2.05, 4.69) is 41.4 Å². The van der Waals surface area contributed by atoms with Gasteiger partial charge in [-0.2, -0.15) is 0 Å². The van der Waals surface area contributed by atoms with Crippen LogP contribution in [0.2, 0.25) is 0 Å². The summed E-state index contributed by atoms with van der Waals surface area (Å²) >= 11 is 1.74. The monoisotopic (exact) mass is 317 g/mol. The first-order valence-corrected chi connectivity index (χ1v) is 8.71. The Morgan fingerprint density at radius 1 is 1.23 bits per heavy atom. The second-order valence-electron chi connectivity index (χ2n) is 5.52. The van der Waals surface area contributed by atoms with E-state index in [-0.39, 0.29) is 0 Å². The highest BCUT2D eigenvalue weighted by Gasteiger charge is 2.11. The Bertz CT molecular complexity index is 579. The molecule has 0 spiro atoms. The zero-order chi connectivity index (χ0) is 15.2. The SMILES string of the molecule is Cc1sc(NCCCN2CCOCC2)nc1-c1ccccc1. The summed E-state index contributed by atoms with van der Waals surface area (Å²) in [5, 5.41) is 4.49. The van der Waals surface area contributed by atoms with Crippen molar-refractivity contribution in [3.63, 3.8) is 0 Å². The molecule has 1 aromatic heterocycles. The number of benzene rings is 1. The van der Waals surface area contributed by atoms with Gasteiger partial charge in [-0.15, -0.1) is 11.3 Å². The van der Waals surface area contributed by atoms with Gasteiger partial charge in [-0.1, -0.05) is 30.3 Å². The van der Waals surface area contributed by atoms with Gasteiger partial charge in [0.15, 0.2) is 5.13 Å². The standard InChI is InChI=1S/C17H23N3OS/c1-14-16(15-6-3-2-4-7-15)19-17(22-14)18-8-5-9-20-10-12-21-13-11-20/h2-4,6-7H,5,8-13H2,1H3,(H,18,19). The van der Waals surface area contributed by atoms with E-state index in [1.807, 2.05) is 6.07 Å². The maximum absolute atomic E-state index is 5.37. The van der Waals surface area contributed by atoms with Crippen LogP contribution in [0.1, 0.15) is 11.3 Å². The Kier molecular flexibility index (Phi) is 5.43. The van der Waals surface area contributed by atoms with Crippen LogP contribution in [-0.2, 0) is 4.74 Å². The number of hydrogen-bond acceptors (Lipinski definition) is 5. The van der Waals surface area contributed by atoms with Crippen LogP contribution in [0, 0.1) is 6.92 Å². The average Bonchev–Trinajstić information content (AvgIpc) is 2.94. The van der Waals surface area contributed by atoms with E-state index in [1.54, 1.807) is 11.3 Å². The Morgan fingerprint density at radius 3 is 2.77 bits per heavy atom. The largest absolute Gasteiger partial charge is 0.379 e. The maximum Gasteiger partial charge on any atom is 0.183 e. The summed E-state index contributed by atoms with van der Waals surface area (Å²) in [5.74, 6) is 0. The lowest BCUT2D eigenvalue weighted by atomic mass is 10.1. The predicted octanol–water partition coefficient (Wildman–Crippen LogP) is 3.25. The number of anilines is 1. The predicted molar refractivity (Wildman–Crippen MR) is 92.7 cm³/mol. The molecule has 5 heteroatoms. The van der Waals surface area contributed by atoms with E-state index in [0.717, 1.165) is 56.6 Å². The number of rotatable bonds is 6. The third-order valence-electron chi connectivity index (χ3n) is 3.87. The second-order valence-corrected chi connectivity index (χ2v) is 6.73. The van der Waals surface area contributed by atoms with E-state index in [9.17, 15) is 0 Å². The third kappa shape index (κ3) is 4.06. The summed E-state index contributed by atoms with van der Waals surface area (Å²) in [6.07, 6.45) is 1.14. The van der Waals surface area contributed by atoms with Crippen molar-refractivity contribution in [3.8, 4) is 11.3 Å². The summed E-state index contributed by atoms with van der Waals surface area (Å²) in [6.45, 7) is 8.12. The van der Waals surface area contributed by atoms with Gasteiger partial charge in [-0.25, -0.2) is 4.98 Å². The van der Waals surface area contributed by atoms with Crippen molar-refractivity contribution in [2.24, 2.45) is 0 Å². The molecule has 0 saturated carbocycles. The van der Waals surface area contributed by atoms with E-state index in [4.69, 9.17) is 9.72 Å². The molecule has 22 heavy (non-hydrogen) atoms. The molecule has 0 aliphatic carbocycles. The first kappa shape index (κ1) is 15.5. The molecule has 0 amide bonds. The van der Waals surface area contributed by atoms with E-state index in [1.165, 1.54) is 10.4 Å². The van der Waals surface area contributed by atoms with E-state index >= 15 is 0 Å². The van der Waals surface area contributed by atoms with Gasteiger partial charge in [-0.05, 0) is 19.9 Å². The smallest absolute Gasteiger partial charge is 0.183 e. The molecule has 1 aliphatic heterocycles. The molecule has 1 aromatic carbocycles. The summed E-state index contributed by atoms with van der Waals surface area (Å²) in [7, 11) is 0. The van der Waals surface area contributed by atoms with Crippen molar-refractivity contribution in [1.82, 2.24) is 9.88 Å². The quantitative estimate of drug-likeness (QED) is 0.830. The summed E-state index contributed by atoms with van der Waals surface area (Å²) in [4.78, 5) is 8.47. The number of thiazole rings is 1. The van der Waals surface area contributed by atoms with Gasteiger partial charge in [0.25, 0.3) is 0 Å². The van der Waals surface area contributed by atoms with Gasteiger partial charge in [0.1, 0.15) is 0 Å². The third-order valence-corrected chi connectivity index (χ3v) is 4.80. The molecule has 1 aliphatic rings. The first-order valence-electron chi connectivity index (χ1n) is 7.90. The molecule has 0 atom stereocenters. The van der Waals surface area contributed by atoms with Crippen LogP contribution >= 0.6 is 11.3 Å². The van der Waals surface area contributed by atoms with Crippen molar-refractivity contribution in [2.75, 3.05) is 44.7 Å². The summed E-state index contributed by atoms with van der Waals surface area (Å²) in [5.41, 5.74) is 2.29. The van der Waals surface area contributed by atoms with Crippen LogP contribution in [0.25, 0.3) is 11.3 Å². The number of morpholine rings is 1. The van der Waals surface area contributed by atoms with Crippen molar-refractivity contribution in [3.05, 3.63) is 35.2 Å². The Labute approximate surface area is 136 Å². The fourth-order valence-electron chi connectivity index (χ4n) is 2.66. The number of nitrogens with one attached hydrogen (secondary N) is 1. The molecule has 0 bridgehead atoms. The molecule has 2 heterocycles. The van der Waals surface area contributed by atoms with Crippen LogP contribution in [0.5, 0.6) is 0 Å². The van der Waals surface area contributed by atoms with Gasteiger partial charge >= 0.3 is 0 Å². The molecular weight excluding hydrogens is 294 g/mol. The van der Waals surface area contributed by atoms with Crippen LogP contribution in [0.15, 0.2) is 30.3 Å². The number of aromatic nitrogens is 1. The van der Waals surface area contributed by atoms with Crippen LogP contribution in [0.4, 0.5) is 5.13 Å². The minimum Gasteiger partial charge on any atom is -0.379 e. The Balaban J connectivity index is 1.49.